The molecule has 0 radical (unpaired) electrons. The zero-order chi connectivity index (χ0) is 18.1. The van der Waals surface area contributed by atoms with Crippen LogP contribution in [0.1, 0.15) is 74.7 Å². The number of epoxide rings is 1. The van der Waals surface area contributed by atoms with Crippen molar-refractivity contribution in [3.8, 4) is 0 Å². The van der Waals surface area contributed by atoms with Gasteiger partial charge in [-0.1, -0.05) is 20.3 Å². The molecule has 2 aliphatic carbocycles. The van der Waals surface area contributed by atoms with Crippen LogP contribution in [0.5, 0.6) is 0 Å². The van der Waals surface area contributed by atoms with Crippen LogP contribution in [0.2, 0.25) is 0 Å². The van der Waals surface area contributed by atoms with Crippen LogP contribution in [-0.2, 0) is 14.3 Å². The van der Waals surface area contributed by atoms with Crippen LogP contribution in [0.25, 0.3) is 0 Å². The maximum absolute atomic E-state index is 13.0. The van der Waals surface area contributed by atoms with Gasteiger partial charge in [0.15, 0.2) is 11.4 Å². The van der Waals surface area contributed by atoms with Gasteiger partial charge in [0.2, 0.25) is 5.78 Å². The molecule has 1 aromatic rings. The minimum absolute atomic E-state index is 0.0618. The normalized spacial score (nSPS) is 42.5. The zero-order valence-electron chi connectivity index (χ0n) is 15.5. The summed E-state index contributed by atoms with van der Waals surface area (Å²) in [6, 6.07) is 0. The highest BCUT2D eigenvalue weighted by atomic mass is 16.7. The average Bonchev–Trinajstić information content (AvgIpc) is 3.00. The van der Waals surface area contributed by atoms with Gasteiger partial charge >= 0.3 is 5.97 Å². The maximum atomic E-state index is 13.0. The molecule has 5 nitrogen and oxygen atoms in total. The third-order valence-electron chi connectivity index (χ3n) is 7.10. The van der Waals surface area contributed by atoms with Gasteiger partial charge in [-0.3, -0.25) is 4.79 Å². The fourth-order valence-corrected chi connectivity index (χ4v) is 4.84. The quantitative estimate of drug-likeness (QED) is 0.598. The monoisotopic (exact) mass is 346 g/mol. The number of furan rings is 1. The van der Waals surface area contributed by atoms with Gasteiger partial charge in [-0.25, -0.2) is 4.79 Å². The van der Waals surface area contributed by atoms with Crippen molar-refractivity contribution in [3.63, 3.8) is 0 Å². The van der Waals surface area contributed by atoms with E-state index >= 15 is 0 Å². The van der Waals surface area contributed by atoms with Gasteiger partial charge < -0.3 is 13.9 Å². The molecule has 5 heteroatoms. The zero-order valence-corrected chi connectivity index (χ0v) is 15.5. The van der Waals surface area contributed by atoms with Crippen molar-refractivity contribution in [1.29, 1.82) is 0 Å². The molecule has 0 amide bonds. The molecule has 2 heterocycles. The van der Waals surface area contributed by atoms with Gasteiger partial charge in [0, 0.05) is 16.9 Å². The number of ether oxygens (including phenoxy) is 2. The van der Waals surface area contributed by atoms with Crippen LogP contribution in [0.4, 0.5) is 0 Å². The Morgan fingerprint density at radius 2 is 1.96 bits per heavy atom. The summed E-state index contributed by atoms with van der Waals surface area (Å²) >= 11 is 0. The first-order valence-corrected chi connectivity index (χ1v) is 9.22. The molecule has 0 bridgehead atoms. The highest BCUT2D eigenvalue weighted by Crippen LogP contribution is 2.59. The van der Waals surface area contributed by atoms with Crippen molar-refractivity contribution in [2.24, 2.45) is 17.3 Å². The lowest BCUT2D eigenvalue weighted by Gasteiger charge is -2.51. The van der Waals surface area contributed by atoms with Gasteiger partial charge in [0.1, 0.15) is 6.10 Å². The van der Waals surface area contributed by atoms with E-state index in [-0.39, 0.29) is 29.7 Å². The molecular weight excluding hydrogens is 320 g/mol. The Morgan fingerprint density at radius 1 is 1.28 bits per heavy atom. The van der Waals surface area contributed by atoms with Gasteiger partial charge in [0.05, 0.1) is 12.4 Å². The molecule has 6 atom stereocenters. The van der Waals surface area contributed by atoms with Crippen molar-refractivity contribution in [3.05, 3.63) is 23.2 Å². The van der Waals surface area contributed by atoms with Crippen molar-refractivity contribution in [2.45, 2.75) is 71.7 Å². The van der Waals surface area contributed by atoms with Crippen molar-refractivity contribution in [2.75, 3.05) is 0 Å². The van der Waals surface area contributed by atoms with E-state index in [4.69, 9.17) is 13.9 Å². The second-order valence-electron chi connectivity index (χ2n) is 8.43. The Labute approximate surface area is 148 Å². The lowest BCUT2D eigenvalue weighted by Crippen LogP contribution is -2.51. The van der Waals surface area contributed by atoms with Crippen LogP contribution in [-0.4, -0.2) is 23.5 Å². The summed E-state index contributed by atoms with van der Waals surface area (Å²) in [5.41, 5.74) is 0.334. The summed E-state index contributed by atoms with van der Waals surface area (Å²) in [5.74, 6) is 0.204. The molecule has 3 aliphatic rings. The molecule has 0 aromatic carbocycles. The van der Waals surface area contributed by atoms with E-state index in [1.165, 1.54) is 0 Å². The number of aryl methyl sites for hydroxylation is 1. The van der Waals surface area contributed by atoms with Crippen LogP contribution in [0.3, 0.4) is 0 Å². The van der Waals surface area contributed by atoms with E-state index in [1.54, 1.807) is 13.2 Å². The number of hydrogen-bond donors (Lipinski definition) is 0. The summed E-state index contributed by atoms with van der Waals surface area (Å²) in [6.45, 7) is 9.81. The second kappa shape index (κ2) is 5.19. The minimum atomic E-state index is -0.872. The Bertz CT molecular complexity index is 749. The SMILES string of the molecule is Cc1coc2c1C(OC(=O)C1(C)OC1C)C1(C)C(C)CCCC1C2=O. The molecule has 4 rings (SSSR count). The Kier molecular flexibility index (Phi) is 3.50. The van der Waals surface area contributed by atoms with Crippen LogP contribution in [0.15, 0.2) is 10.7 Å². The smallest absolute Gasteiger partial charge is 0.341 e. The van der Waals surface area contributed by atoms with E-state index < -0.39 is 17.1 Å². The summed E-state index contributed by atoms with van der Waals surface area (Å²) in [4.78, 5) is 25.8. The summed E-state index contributed by atoms with van der Waals surface area (Å²) in [7, 11) is 0. The van der Waals surface area contributed by atoms with Crippen LogP contribution >= 0.6 is 0 Å². The summed E-state index contributed by atoms with van der Waals surface area (Å²) in [6.07, 6.45) is 3.86. The maximum Gasteiger partial charge on any atom is 0.341 e. The Morgan fingerprint density at radius 3 is 2.60 bits per heavy atom. The van der Waals surface area contributed by atoms with Crippen molar-refractivity contribution in [1.82, 2.24) is 0 Å². The molecule has 1 saturated carbocycles. The third kappa shape index (κ3) is 2.11. The number of Topliss-reactive ketones (excluding diaryl/α,β-unsaturated/α-hetero) is 1. The predicted molar refractivity (Wildman–Crippen MR) is 90.2 cm³/mol. The van der Waals surface area contributed by atoms with E-state index in [1.807, 2.05) is 13.8 Å². The first-order chi connectivity index (χ1) is 11.7. The average molecular weight is 346 g/mol. The van der Waals surface area contributed by atoms with Crippen molar-refractivity contribution >= 4 is 11.8 Å². The fourth-order valence-electron chi connectivity index (χ4n) is 4.84. The molecule has 0 N–H and O–H groups in total. The van der Waals surface area contributed by atoms with Gasteiger partial charge in [-0.15, -0.1) is 0 Å². The lowest BCUT2D eigenvalue weighted by atomic mass is 9.54. The molecule has 25 heavy (non-hydrogen) atoms. The number of rotatable bonds is 2. The molecule has 6 unspecified atom stereocenters. The molecule has 2 fully saturated rings. The van der Waals surface area contributed by atoms with Crippen LogP contribution in [0, 0.1) is 24.2 Å². The number of hydrogen-bond acceptors (Lipinski definition) is 5. The summed E-state index contributed by atoms with van der Waals surface area (Å²) < 4.78 is 17.1. The molecule has 1 aromatic heterocycles. The van der Waals surface area contributed by atoms with E-state index in [0.717, 1.165) is 30.4 Å². The largest absolute Gasteiger partial charge is 0.461 e. The lowest BCUT2D eigenvalue weighted by molar-refractivity contribution is -0.171. The number of fused-ring (bicyclic) bond motifs is 2. The van der Waals surface area contributed by atoms with Gasteiger partial charge in [-0.05, 0) is 45.1 Å². The number of esters is 1. The van der Waals surface area contributed by atoms with Gasteiger partial charge in [-0.2, -0.15) is 0 Å². The molecular formula is C20H26O5. The fraction of sp³-hybridized carbons (Fsp3) is 0.700. The van der Waals surface area contributed by atoms with E-state index in [0.29, 0.717) is 5.76 Å². The number of carbonyl (C=O) groups excluding carboxylic acids is 2. The first-order valence-electron chi connectivity index (χ1n) is 9.22. The predicted octanol–water partition coefficient (Wildman–Crippen LogP) is 3.99. The van der Waals surface area contributed by atoms with E-state index in [2.05, 4.69) is 13.8 Å². The minimum Gasteiger partial charge on any atom is -0.461 e. The first kappa shape index (κ1) is 16.8. The van der Waals surface area contributed by atoms with Gasteiger partial charge in [0.25, 0.3) is 0 Å². The summed E-state index contributed by atoms with van der Waals surface area (Å²) in [5, 5.41) is 0. The number of ketones is 1. The van der Waals surface area contributed by atoms with E-state index in [9.17, 15) is 9.59 Å². The topological polar surface area (TPSA) is 69.0 Å². The standard InChI is InChI=1S/C20H26O5/c1-10-9-23-16-14(10)17(24-18(22)20(5)12(3)25-20)19(4)11(2)7-6-8-13(19)15(16)21/h9,11-13,17H,6-8H2,1-5H3. The number of carbonyl (C=O) groups is 2. The molecule has 0 spiro atoms. The highest BCUT2D eigenvalue weighted by molar-refractivity contribution is 5.99. The second-order valence-corrected chi connectivity index (χ2v) is 8.43. The Balaban J connectivity index is 1.80. The highest BCUT2D eigenvalue weighted by Gasteiger charge is 2.62. The van der Waals surface area contributed by atoms with Crippen LogP contribution < -0.4 is 0 Å². The Hall–Kier alpha value is -1.62. The molecule has 1 aliphatic heterocycles. The third-order valence-corrected chi connectivity index (χ3v) is 7.10. The molecule has 136 valence electrons. The van der Waals surface area contributed by atoms with Crippen molar-refractivity contribution < 1.29 is 23.5 Å². The molecule has 1 saturated heterocycles.